The molecule has 2 atom stereocenters. The van der Waals surface area contributed by atoms with E-state index in [9.17, 15) is 4.79 Å². The smallest absolute Gasteiger partial charge is 0.244 e. The minimum atomic E-state index is -0.312. The summed E-state index contributed by atoms with van der Waals surface area (Å²) < 4.78 is 1.75. The average molecular weight is 382 g/mol. The Morgan fingerprint density at radius 3 is 2.75 bits per heavy atom. The van der Waals surface area contributed by atoms with Crippen molar-refractivity contribution in [1.29, 1.82) is 0 Å². The second kappa shape index (κ2) is 8.05. The number of benzene rings is 1. The van der Waals surface area contributed by atoms with E-state index in [1.54, 1.807) is 10.9 Å². The van der Waals surface area contributed by atoms with Gasteiger partial charge in [-0.2, -0.15) is 5.10 Å². The normalized spacial score (nSPS) is 24.0. The minimum absolute atomic E-state index is 0.174. The summed E-state index contributed by atoms with van der Waals surface area (Å²) in [7, 11) is 3.73. The number of aromatic nitrogens is 2. The van der Waals surface area contributed by atoms with Gasteiger partial charge in [0.2, 0.25) is 5.91 Å². The molecule has 0 bridgehead atoms. The number of hydrogen-bond donors (Lipinski definition) is 1. The number of piperidine rings is 1. The summed E-state index contributed by atoms with van der Waals surface area (Å²) >= 11 is 0. The number of aryl methyl sites for hydroxylation is 1. The average Bonchev–Trinajstić information content (AvgIpc) is 3.30. The Labute approximate surface area is 167 Å². The van der Waals surface area contributed by atoms with Gasteiger partial charge >= 0.3 is 0 Å². The van der Waals surface area contributed by atoms with Gasteiger partial charge in [0.1, 0.15) is 6.04 Å². The Kier molecular flexibility index (Phi) is 5.51. The third-order valence-corrected chi connectivity index (χ3v) is 6.33. The van der Waals surface area contributed by atoms with Crippen molar-refractivity contribution in [2.75, 3.05) is 33.2 Å². The molecule has 6 heteroatoms. The van der Waals surface area contributed by atoms with Gasteiger partial charge in [0.25, 0.3) is 0 Å². The highest BCUT2D eigenvalue weighted by Gasteiger charge is 2.43. The summed E-state index contributed by atoms with van der Waals surface area (Å²) in [4.78, 5) is 17.8. The molecule has 28 heavy (non-hydrogen) atoms. The molecule has 0 radical (unpaired) electrons. The molecule has 1 N–H and O–H groups in total. The maximum absolute atomic E-state index is 13.2. The quantitative estimate of drug-likeness (QED) is 0.863. The summed E-state index contributed by atoms with van der Waals surface area (Å²) in [6, 6.07) is 10.4. The summed E-state index contributed by atoms with van der Waals surface area (Å²) in [6.45, 7) is 4.97. The maximum Gasteiger partial charge on any atom is 0.244 e. The van der Waals surface area contributed by atoms with Crippen LogP contribution in [0.15, 0.2) is 42.7 Å². The van der Waals surface area contributed by atoms with E-state index < -0.39 is 0 Å². The largest absolute Gasteiger partial charge is 0.340 e. The molecular formula is C22H31N5O. The topological polar surface area (TPSA) is 53.4 Å². The molecule has 1 amide bonds. The van der Waals surface area contributed by atoms with Crippen molar-refractivity contribution in [1.82, 2.24) is 24.9 Å². The molecule has 4 rings (SSSR count). The van der Waals surface area contributed by atoms with E-state index in [2.05, 4.69) is 50.5 Å². The van der Waals surface area contributed by atoms with E-state index >= 15 is 0 Å². The first-order valence-corrected chi connectivity index (χ1v) is 10.3. The number of rotatable bonds is 5. The first kappa shape index (κ1) is 19.2. The summed E-state index contributed by atoms with van der Waals surface area (Å²) in [5.74, 6) is 0.174. The minimum Gasteiger partial charge on any atom is -0.340 e. The van der Waals surface area contributed by atoms with Crippen LogP contribution in [0.5, 0.6) is 0 Å². The van der Waals surface area contributed by atoms with E-state index in [0.29, 0.717) is 0 Å². The SMILES string of the molecule is CNC(C(=O)N1CCC2(CCCN(Cc3ccccc3)C2)C1)c1cnn(C)c1. The zero-order valence-electron chi connectivity index (χ0n) is 17.0. The second-order valence-electron chi connectivity index (χ2n) is 8.48. The summed E-state index contributed by atoms with van der Waals surface area (Å²) in [5.41, 5.74) is 2.55. The standard InChI is InChI=1S/C22H31N5O/c1-23-20(19-13-24-25(2)15-19)21(28)27-12-10-22(17-27)9-6-11-26(16-22)14-18-7-4-3-5-8-18/h3-5,7-8,13,15,20,23H,6,9-12,14,16-17H2,1-2H3. The van der Waals surface area contributed by atoms with Gasteiger partial charge in [0.15, 0.2) is 0 Å². The number of nitrogens with one attached hydrogen (secondary N) is 1. The zero-order chi connectivity index (χ0) is 19.6. The molecule has 2 aliphatic heterocycles. The third kappa shape index (κ3) is 3.98. The van der Waals surface area contributed by atoms with E-state index in [1.165, 1.54) is 18.4 Å². The van der Waals surface area contributed by atoms with Gasteiger partial charge in [0, 0.05) is 50.4 Å². The number of carbonyl (C=O) groups excluding carboxylic acids is 1. The van der Waals surface area contributed by atoms with Gasteiger partial charge in [-0.1, -0.05) is 30.3 Å². The van der Waals surface area contributed by atoms with Crippen LogP contribution in [0, 0.1) is 5.41 Å². The fraction of sp³-hybridized carbons (Fsp3) is 0.545. The number of likely N-dealkylation sites (tertiary alicyclic amines) is 2. The molecule has 2 aliphatic rings. The molecule has 2 saturated heterocycles. The third-order valence-electron chi connectivity index (χ3n) is 6.33. The lowest BCUT2D eigenvalue weighted by Crippen LogP contribution is -2.46. The van der Waals surface area contributed by atoms with Gasteiger partial charge < -0.3 is 10.2 Å². The van der Waals surface area contributed by atoms with Crippen LogP contribution in [0.25, 0.3) is 0 Å². The Morgan fingerprint density at radius 2 is 2.04 bits per heavy atom. The van der Waals surface area contributed by atoms with Gasteiger partial charge in [-0.3, -0.25) is 14.4 Å². The monoisotopic (exact) mass is 381 g/mol. The van der Waals surface area contributed by atoms with Gasteiger partial charge in [-0.05, 0) is 38.4 Å². The highest BCUT2D eigenvalue weighted by atomic mass is 16.2. The highest BCUT2D eigenvalue weighted by Crippen LogP contribution is 2.40. The molecule has 1 spiro atoms. The Balaban J connectivity index is 1.41. The maximum atomic E-state index is 13.2. The van der Waals surface area contributed by atoms with Crippen LogP contribution in [0.4, 0.5) is 0 Å². The fourth-order valence-corrected chi connectivity index (χ4v) is 4.95. The first-order chi connectivity index (χ1) is 13.6. The van der Waals surface area contributed by atoms with Crippen molar-refractivity contribution in [3.8, 4) is 0 Å². The molecular weight excluding hydrogens is 350 g/mol. The van der Waals surface area contributed by atoms with Crippen molar-refractivity contribution in [3.63, 3.8) is 0 Å². The van der Waals surface area contributed by atoms with Crippen LogP contribution in [-0.2, 0) is 18.4 Å². The molecule has 2 aromatic rings. The van der Waals surface area contributed by atoms with Gasteiger partial charge in [0.05, 0.1) is 6.20 Å². The number of hydrogen-bond acceptors (Lipinski definition) is 4. The first-order valence-electron chi connectivity index (χ1n) is 10.3. The molecule has 150 valence electrons. The van der Waals surface area contributed by atoms with Crippen molar-refractivity contribution in [3.05, 3.63) is 53.9 Å². The van der Waals surface area contributed by atoms with Crippen LogP contribution in [0.2, 0.25) is 0 Å². The molecule has 1 aromatic carbocycles. The number of likely N-dealkylation sites (N-methyl/N-ethyl adjacent to an activating group) is 1. The Hall–Kier alpha value is -2.18. The fourth-order valence-electron chi connectivity index (χ4n) is 4.95. The van der Waals surface area contributed by atoms with Gasteiger partial charge in [-0.25, -0.2) is 0 Å². The Bertz CT molecular complexity index is 804. The second-order valence-corrected chi connectivity index (χ2v) is 8.48. The van der Waals surface area contributed by atoms with Crippen LogP contribution in [-0.4, -0.2) is 58.7 Å². The Morgan fingerprint density at radius 1 is 1.21 bits per heavy atom. The number of amides is 1. The lowest BCUT2D eigenvalue weighted by atomic mass is 9.79. The number of nitrogens with zero attached hydrogens (tertiary/aromatic N) is 4. The molecule has 2 fully saturated rings. The van der Waals surface area contributed by atoms with E-state index in [0.717, 1.165) is 44.7 Å². The molecule has 2 unspecified atom stereocenters. The van der Waals surface area contributed by atoms with Crippen LogP contribution < -0.4 is 5.32 Å². The van der Waals surface area contributed by atoms with E-state index in [4.69, 9.17) is 0 Å². The predicted molar refractivity (Wildman–Crippen MR) is 110 cm³/mol. The lowest BCUT2D eigenvalue weighted by Gasteiger charge is -2.40. The van der Waals surface area contributed by atoms with Crippen LogP contribution >= 0.6 is 0 Å². The number of carbonyl (C=O) groups is 1. The molecule has 0 saturated carbocycles. The van der Waals surface area contributed by atoms with E-state index in [-0.39, 0.29) is 17.4 Å². The predicted octanol–water partition coefficient (Wildman–Crippen LogP) is 2.20. The molecule has 3 heterocycles. The van der Waals surface area contributed by atoms with Crippen molar-refractivity contribution >= 4 is 5.91 Å². The molecule has 1 aromatic heterocycles. The van der Waals surface area contributed by atoms with Crippen LogP contribution in [0.3, 0.4) is 0 Å². The van der Waals surface area contributed by atoms with Crippen molar-refractivity contribution in [2.24, 2.45) is 12.5 Å². The molecule has 0 aliphatic carbocycles. The molecule has 6 nitrogen and oxygen atoms in total. The zero-order valence-corrected chi connectivity index (χ0v) is 17.0. The summed E-state index contributed by atoms with van der Waals surface area (Å²) in [5, 5.41) is 7.41. The van der Waals surface area contributed by atoms with Crippen LogP contribution in [0.1, 0.15) is 36.4 Å². The van der Waals surface area contributed by atoms with Crippen molar-refractivity contribution < 1.29 is 4.79 Å². The van der Waals surface area contributed by atoms with Gasteiger partial charge in [-0.15, -0.1) is 0 Å². The van der Waals surface area contributed by atoms with E-state index in [1.807, 2.05) is 20.3 Å². The highest BCUT2D eigenvalue weighted by molar-refractivity contribution is 5.83. The van der Waals surface area contributed by atoms with Crippen molar-refractivity contribution in [2.45, 2.75) is 31.8 Å². The lowest BCUT2D eigenvalue weighted by molar-refractivity contribution is -0.133. The summed E-state index contributed by atoms with van der Waals surface area (Å²) in [6.07, 6.45) is 7.25.